The minimum absolute atomic E-state index is 0.0344. The molecule has 0 aliphatic carbocycles. The second-order valence-electron chi connectivity index (χ2n) is 9.77. The van der Waals surface area contributed by atoms with E-state index in [2.05, 4.69) is 30.6 Å². The van der Waals surface area contributed by atoms with Crippen molar-refractivity contribution in [2.75, 3.05) is 47.5 Å². The molecule has 18 heteroatoms. The van der Waals surface area contributed by atoms with Crippen LogP contribution >= 0.6 is 20.1 Å². The molecule has 1 aromatic heterocycles. The topological polar surface area (TPSA) is 191 Å². The summed E-state index contributed by atoms with van der Waals surface area (Å²) in [7, 11) is -5.26. The number of fused-ring (bicyclic) bond motifs is 1. The Morgan fingerprint density at radius 2 is 2.05 bits per heavy atom. The first kappa shape index (κ1) is 31.2. The number of carbonyl (C=O) groups excluding carboxylic acids is 1. The van der Waals surface area contributed by atoms with E-state index < -0.39 is 24.5 Å². The van der Waals surface area contributed by atoms with Crippen LogP contribution in [0.25, 0.3) is 0 Å². The van der Waals surface area contributed by atoms with Crippen molar-refractivity contribution in [3.8, 4) is 5.75 Å². The van der Waals surface area contributed by atoms with Crippen LogP contribution < -0.4 is 35.8 Å². The number of nitrogens with zero attached hydrogens (tertiary/aromatic N) is 3. The molecular formula is C23H34ClN8O7PS. The Morgan fingerprint density at radius 1 is 1.32 bits per heavy atom. The van der Waals surface area contributed by atoms with Crippen LogP contribution in [0.4, 0.5) is 23.3 Å². The van der Waals surface area contributed by atoms with Crippen molar-refractivity contribution >= 4 is 59.4 Å². The van der Waals surface area contributed by atoms with Gasteiger partial charge in [-0.3, -0.25) is 10.2 Å². The number of hydrazine groups is 1. The summed E-state index contributed by atoms with van der Waals surface area (Å²) in [6.45, 7) is 6.03. The Labute approximate surface area is 244 Å². The van der Waals surface area contributed by atoms with E-state index in [-0.39, 0.29) is 49.3 Å². The largest absolute Gasteiger partial charge is 0.462 e. The summed E-state index contributed by atoms with van der Waals surface area (Å²) in [5.41, 5.74) is 8.96. The van der Waals surface area contributed by atoms with Crippen molar-refractivity contribution in [3.05, 3.63) is 29.3 Å². The van der Waals surface area contributed by atoms with Gasteiger partial charge in [-0.25, -0.2) is 13.5 Å². The predicted octanol–water partition coefficient (Wildman–Crippen LogP) is 2.39. The van der Waals surface area contributed by atoms with Crippen LogP contribution in [0.1, 0.15) is 27.2 Å². The molecule has 226 valence electrons. The number of carbonyl (C=O) groups is 1. The molecule has 6 N–H and O–H groups in total. The highest BCUT2D eigenvalue weighted by Crippen LogP contribution is 2.42. The maximum atomic E-state index is 12.1. The molecule has 3 heterocycles. The number of ether oxygens (including phenoxy) is 2. The SMILES string of the molecule is CC(C)OC(=O)CNP(OCC1CC(C)C(N2CNc3c(NNS(C)(=O)=O)nc(N)nc32)O1)Oc1ccc(Cl)cc1. The first-order valence-electron chi connectivity index (χ1n) is 12.7. The zero-order chi connectivity index (χ0) is 29.7. The second-order valence-corrected chi connectivity index (χ2v) is 13.2. The van der Waals surface area contributed by atoms with Crippen molar-refractivity contribution in [2.45, 2.75) is 45.6 Å². The van der Waals surface area contributed by atoms with E-state index >= 15 is 0 Å². The third-order valence-corrected chi connectivity index (χ3v) is 7.72. The molecule has 0 saturated carbocycles. The summed E-state index contributed by atoms with van der Waals surface area (Å²) < 4.78 is 46.6. The minimum Gasteiger partial charge on any atom is -0.462 e. The van der Waals surface area contributed by atoms with Crippen LogP contribution in [0.3, 0.4) is 0 Å². The zero-order valence-electron chi connectivity index (χ0n) is 23.0. The van der Waals surface area contributed by atoms with Gasteiger partial charge in [-0.1, -0.05) is 18.5 Å². The van der Waals surface area contributed by atoms with Gasteiger partial charge >= 0.3 is 14.5 Å². The standard InChI is InChI=1S/C23H34ClN8O7PS/c1-13(2)37-18(33)10-27-40(39-16-7-5-15(24)6-8-16)36-11-17-9-14(3)22(38-17)32-12-26-19-20(30-31-41(4,34)35)28-23(25)29-21(19)32/h5-8,13-14,17,22,26-27,31H,9-12H2,1-4H3,(H3,25,28,29,30). The molecule has 0 spiro atoms. The first-order valence-corrected chi connectivity index (χ1v) is 16.2. The maximum Gasteiger partial charge on any atom is 0.320 e. The molecule has 15 nitrogen and oxygen atoms in total. The van der Waals surface area contributed by atoms with Crippen LogP contribution in [0, 0.1) is 5.92 Å². The minimum atomic E-state index is -3.54. The molecular weight excluding hydrogens is 599 g/mol. The Morgan fingerprint density at radius 3 is 2.73 bits per heavy atom. The fourth-order valence-electron chi connectivity index (χ4n) is 4.20. The van der Waals surface area contributed by atoms with Crippen LogP contribution in [-0.2, 0) is 28.8 Å². The lowest BCUT2D eigenvalue weighted by atomic mass is 10.1. The number of hydrogen-bond donors (Lipinski definition) is 5. The van der Waals surface area contributed by atoms with Crippen LogP contribution in [0.15, 0.2) is 24.3 Å². The van der Waals surface area contributed by atoms with Crippen LogP contribution in [-0.4, -0.2) is 68.9 Å². The van der Waals surface area contributed by atoms with Crippen molar-refractivity contribution in [1.82, 2.24) is 19.9 Å². The van der Waals surface area contributed by atoms with Crippen molar-refractivity contribution in [1.29, 1.82) is 0 Å². The second kappa shape index (κ2) is 13.5. The Balaban J connectivity index is 1.40. The van der Waals surface area contributed by atoms with E-state index in [1.54, 1.807) is 38.1 Å². The molecule has 2 aliphatic rings. The van der Waals surface area contributed by atoms with Gasteiger partial charge in [0.2, 0.25) is 16.0 Å². The van der Waals surface area contributed by atoms with Gasteiger partial charge in [-0.15, -0.1) is 4.83 Å². The average Bonchev–Trinajstić information content (AvgIpc) is 3.47. The number of rotatable bonds is 13. The van der Waals surface area contributed by atoms with E-state index in [1.807, 2.05) is 11.8 Å². The third-order valence-electron chi connectivity index (χ3n) is 5.82. The van der Waals surface area contributed by atoms with Gasteiger partial charge in [0, 0.05) is 10.9 Å². The molecule has 1 fully saturated rings. The molecule has 4 atom stereocenters. The molecule has 0 amide bonds. The quantitative estimate of drug-likeness (QED) is 0.123. The third kappa shape index (κ3) is 8.88. The number of benzene rings is 1. The number of hydrogen-bond acceptors (Lipinski definition) is 14. The number of anilines is 4. The molecule has 4 unspecified atom stereocenters. The molecule has 4 rings (SSSR count). The number of halogens is 1. The summed E-state index contributed by atoms with van der Waals surface area (Å²) in [4.78, 5) is 24.6. The van der Waals surface area contributed by atoms with Crippen molar-refractivity contribution < 1.29 is 31.7 Å². The molecule has 2 aliphatic heterocycles. The lowest BCUT2D eigenvalue weighted by Gasteiger charge is -2.28. The van der Waals surface area contributed by atoms with Crippen LogP contribution in [0.2, 0.25) is 5.02 Å². The summed E-state index contributed by atoms with van der Waals surface area (Å²) in [6, 6.07) is 6.80. The normalized spacial score (nSPS) is 20.9. The van der Waals surface area contributed by atoms with E-state index in [9.17, 15) is 13.2 Å². The Kier molecular flexibility index (Phi) is 10.3. The Hall–Kier alpha value is -2.72. The number of sulfonamides is 1. The van der Waals surface area contributed by atoms with E-state index in [4.69, 9.17) is 35.9 Å². The summed E-state index contributed by atoms with van der Waals surface area (Å²) in [6.07, 6.45) is 0.787. The molecule has 1 aromatic carbocycles. The number of nitrogen functional groups attached to an aromatic ring is 1. The van der Waals surface area contributed by atoms with E-state index in [0.717, 1.165) is 6.26 Å². The summed E-state index contributed by atoms with van der Waals surface area (Å²) in [5.74, 6) is 0.813. The van der Waals surface area contributed by atoms with Gasteiger partial charge in [0.15, 0.2) is 11.6 Å². The van der Waals surface area contributed by atoms with Gasteiger partial charge in [-0.05, 0) is 44.5 Å². The molecule has 41 heavy (non-hydrogen) atoms. The lowest BCUT2D eigenvalue weighted by molar-refractivity contribution is -0.145. The highest BCUT2D eigenvalue weighted by Gasteiger charge is 2.41. The van der Waals surface area contributed by atoms with E-state index in [1.165, 1.54) is 0 Å². The Bertz CT molecular complexity index is 1320. The monoisotopic (exact) mass is 632 g/mol. The zero-order valence-corrected chi connectivity index (χ0v) is 25.4. The molecule has 0 radical (unpaired) electrons. The number of aromatic nitrogens is 2. The van der Waals surface area contributed by atoms with Crippen molar-refractivity contribution in [2.24, 2.45) is 5.92 Å². The summed E-state index contributed by atoms with van der Waals surface area (Å²) in [5, 5.41) is 6.73. The van der Waals surface area contributed by atoms with Crippen molar-refractivity contribution in [3.63, 3.8) is 0 Å². The highest BCUT2D eigenvalue weighted by molar-refractivity contribution is 7.88. The molecule has 2 aromatic rings. The van der Waals surface area contributed by atoms with Gasteiger partial charge in [-0.2, -0.15) is 9.97 Å². The fraction of sp³-hybridized carbons (Fsp3) is 0.522. The van der Waals surface area contributed by atoms with E-state index in [0.29, 0.717) is 35.4 Å². The van der Waals surface area contributed by atoms with Gasteiger partial charge < -0.3 is 34.5 Å². The van der Waals surface area contributed by atoms with Gasteiger partial charge in [0.25, 0.3) is 0 Å². The number of nitrogens with two attached hydrogens (primary N) is 1. The maximum absolute atomic E-state index is 12.1. The van der Waals surface area contributed by atoms with Gasteiger partial charge in [0.05, 0.1) is 31.7 Å². The predicted molar refractivity (Wildman–Crippen MR) is 156 cm³/mol. The number of nitrogens with one attached hydrogen (secondary N) is 4. The molecule has 1 saturated heterocycles. The fourth-order valence-corrected chi connectivity index (χ4v) is 5.69. The van der Waals surface area contributed by atoms with Crippen LogP contribution in [0.5, 0.6) is 5.75 Å². The highest BCUT2D eigenvalue weighted by atomic mass is 35.5. The smallest absolute Gasteiger partial charge is 0.320 e. The lowest BCUT2D eigenvalue weighted by Crippen LogP contribution is -2.39. The first-order chi connectivity index (χ1) is 19.4. The number of esters is 1. The van der Waals surface area contributed by atoms with Gasteiger partial charge in [0.1, 0.15) is 24.2 Å². The summed E-state index contributed by atoms with van der Waals surface area (Å²) >= 11 is 5.98. The molecule has 0 bridgehead atoms. The average molecular weight is 633 g/mol.